The Morgan fingerprint density at radius 2 is 1.97 bits per heavy atom. The van der Waals surface area contributed by atoms with E-state index in [-0.39, 0.29) is 29.1 Å². The second-order valence-electron chi connectivity index (χ2n) is 8.48. The molecule has 1 heterocycles. The number of anilines is 2. The highest BCUT2D eigenvalue weighted by atomic mass is 35.5. The maximum absolute atomic E-state index is 13.4. The summed E-state index contributed by atoms with van der Waals surface area (Å²) in [4.78, 5) is 24.0. The minimum atomic E-state index is -0.742. The van der Waals surface area contributed by atoms with E-state index in [0.717, 1.165) is 25.7 Å². The molecule has 2 saturated carbocycles. The molecule has 0 spiro atoms. The number of aromatic nitrogens is 2. The van der Waals surface area contributed by atoms with Gasteiger partial charge in [0.05, 0.1) is 10.7 Å². The van der Waals surface area contributed by atoms with E-state index in [0.29, 0.717) is 28.8 Å². The van der Waals surface area contributed by atoms with Crippen molar-refractivity contribution in [1.82, 2.24) is 9.78 Å². The highest BCUT2D eigenvalue weighted by molar-refractivity contribution is 6.31. The quantitative estimate of drug-likeness (QED) is 0.657. The molecule has 2 aliphatic carbocycles. The Kier molecular flexibility index (Phi) is 5.44. The molecule has 4 rings (SSSR count). The molecule has 0 bridgehead atoms. The third-order valence-electron chi connectivity index (χ3n) is 6.49. The third-order valence-corrected chi connectivity index (χ3v) is 6.78. The molecular formula is C21H24ClFN4O3. The number of amides is 1. The first-order valence-corrected chi connectivity index (χ1v) is 10.4. The lowest BCUT2D eigenvalue weighted by Gasteiger charge is -2.14. The molecule has 1 aromatic carbocycles. The van der Waals surface area contributed by atoms with Crippen LogP contribution >= 0.6 is 11.6 Å². The van der Waals surface area contributed by atoms with Gasteiger partial charge in [0, 0.05) is 25.1 Å². The number of aryl methyl sites for hydroxylation is 1. The van der Waals surface area contributed by atoms with Gasteiger partial charge in [-0.2, -0.15) is 5.10 Å². The van der Waals surface area contributed by atoms with E-state index in [1.807, 2.05) is 0 Å². The number of carboxylic acids is 1. The molecule has 1 aromatic heterocycles. The van der Waals surface area contributed by atoms with Crippen LogP contribution in [0.5, 0.6) is 0 Å². The Morgan fingerprint density at radius 1 is 1.30 bits per heavy atom. The number of nitrogen functional groups attached to an aromatic ring is 1. The number of fused-ring (bicyclic) bond motifs is 1. The van der Waals surface area contributed by atoms with Crippen LogP contribution in [-0.2, 0) is 11.8 Å². The molecule has 2 fully saturated rings. The van der Waals surface area contributed by atoms with Crippen LogP contribution in [0, 0.1) is 23.6 Å². The van der Waals surface area contributed by atoms with Crippen molar-refractivity contribution in [2.75, 3.05) is 11.1 Å². The minimum absolute atomic E-state index is 0.0771. The fraction of sp³-hybridized carbons (Fsp3) is 0.476. The maximum Gasteiger partial charge on any atom is 0.303 e. The first-order chi connectivity index (χ1) is 14.2. The van der Waals surface area contributed by atoms with Crippen LogP contribution in [0.2, 0.25) is 5.02 Å². The Morgan fingerprint density at radius 3 is 2.57 bits per heavy atom. The predicted octanol–water partition coefficient (Wildman–Crippen LogP) is 4.04. The van der Waals surface area contributed by atoms with Crippen molar-refractivity contribution in [3.8, 4) is 0 Å². The van der Waals surface area contributed by atoms with Crippen LogP contribution in [0.3, 0.4) is 0 Å². The molecule has 160 valence electrons. The minimum Gasteiger partial charge on any atom is -0.481 e. The van der Waals surface area contributed by atoms with Crippen LogP contribution in [0.1, 0.15) is 54.1 Å². The van der Waals surface area contributed by atoms with E-state index in [2.05, 4.69) is 10.4 Å². The van der Waals surface area contributed by atoms with Gasteiger partial charge in [0.15, 0.2) is 0 Å². The lowest BCUT2D eigenvalue weighted by atomic mass is 9.92. The topological polar surface area (TPSA) is 110 Å². The average Bonchev–Trinajstić information content (AvgIpc) is 3.29. The monoisotopic (exact) mass is 434 g/mol. The SMILES string of the molecule is Cn1nc(C2CC3CC(CC(=O)O)CC3C2)c(C(=O)Nc2ccc(F)c(Cl)c2)c1N. The molecule has 1 amide bonds. The van der Waals surface area contributed by atoms with Crippen LogP contribution in [0.15, 0.2) is 18.2 Å². The van der Waals surface area contributed by atoms with Gasteiger partial charge in [-0.05, 0) is 61.6 Å². The summed E-state index contributed by atoms with van der Waals surface area (Å²) < 4.78 is 14.9. The summed E-state index contributed by atoms with van der Waals surface area (Å²) in [6, 6.07) is 3.98. The van der Waals surface area contributed by atoms with Crippen LogP contribution in [-0.4, -0.2) is 26.8 Å². The van der Waals surface area contributed by atoms with Crippen molar-refractivity contribution in [2.45, 2.75) is 38.0 Å². The van der Waals surface area contributed by atoms with E-state index in [1.165, 1.54) is 22.9 Å². The summed E-state index contributed by atoms with van der Waals surface area (Å²) in [6.07, 6.45) is 3.79. The van der Waals surface area contributed by atoms with Gasteiger partial charge in [-0.15, -0.1) is 0 Å². The Balaban J connectivity index is 1.52. The molecule has 2 aliphatic rings. The first kappa shape index (κ1) is 20.7. The number of carbonyl (C=O) groups is 2. The number of nitrogens with one attached hydrogen (secondary N) is 1. The molecule has 0 radical (unpaired) electrons. The molecular weight excluding hydrogens is 411 g/mol. The standard InChI is InChI=1S/C21H24ClFN4O3/c1-27-20(24)18(21(30)25-14-2-3-16(23)15(22)9-14)19(26-27)13-7-11-4-10(6-17(28)29)5-12(11)8-13/h2-3,9-13H,4-8,24H2,1H3,(H,25,30)(H,28,29). The number of nitrogens with two attached hydrogens (primary N) is 1. The van der Waals surface area contributed by atoms with Gasteiger partial charge in [0.25, 0.3) is 5.91 Å². The molecule has 2 unspecified atom stereocenters. The van der Waals surface area contributed by atoms with Crippen molar-refractivity contribution in [1.29, 1.82) is 0 Å². The summed E-state index contributed by atoms with van der Waals surface area (Å²) >= 11 is 5.81. The Labute approximate surface area is 178 Å². The van der Waals surface area contributed by atoms with E-state index in [4.69, 9.17) is 22.4 Å². The van der Waals surface area contributed by atoms with Crippen LogP contribution in [0.25, 0.3) is 0 Å². The molecule has 4 N–H and O–H groups in total. The van der Waals surface area contributed by atoms with E-state index in [9.17, 15) is 14.0 Å². The van der Waals surface area contributed by atoms with Crippen LogP contribution < -0.4 is 11.1 Å². The van der Waals surface area contributed by atoms with Gasteiger partial charge < -0.3 is 16.2 Å². The van der Waals surface area contributed by atoms with Gasteiger partial charge in [-0.1, -0.05) is 11.6 Å². The third kappa shape index (κ3) is 3.88. The van der Waals surface area contributed by atoms with Crippen molar-refractivity contribution in [2.24, 2.45) is 24.8 Å². The lowest BCUT2D eigenvalue weighted by Crippen LogP contribution is -2.16. The number of rotatable bonds is 5. The maximum atomic E-state index is 13.4. The average molecular weight is 435 g/mol. The van der Waals surface area contributed by atoms with Crippen molar-refractivity contribution >= 4 is 35.0 Å². The zero-order valence-electron chi connectivity index (χ0n) is 16.6. The number of carboxylic acid groups (broad SMARTS) is 1. The van der Waals surface area contributed by atoms with E-state index < -0.39 is 17.7 Å². The predicted molar refractivity (Wildman–Crippen MR) is 111 cm³/mol. The fourth-order valence-corrected chi connectivity index (χ4v) is 5.40. The number of hydrogen-bond donors (Lipinski definition) is 3. The number of aliphatic carboxylic acids is 1. The first-order valence-electron chi connectivity index (χ1n) is 10.0. The molecule has 0 saturated heterocycles. The summed E-state index contributed by atoms with van der Waals surface area (Å²) in [6.45, 7) is 0. The normalized spacial score (nSPS) is 25.3. The molecule has 9 heteroatoms. The molecule has 2 atom stereocenters. The molecule has 2 aromatic rings. The summed E-state index contributed by atoms with van der Waals surface area (Å²) in [7, 11) is 1.70. The van der Waals surface area contributed by atoms with E-state index >= 15 is 0 Å². The summed E-state index contributed by atoms with van der Waals surface area (Å²) in [5.74, 6) is -0.187. The highest BCUT2D eigenvalue weighted by Crippen LogP contribution is 2.53. The Bertz CT molecular complexity index is 994. The number of hydrogen-bond acceptors (Lipinski definition) is 4. The van der Waals surface area contributed by atoms with Crippen LogP contribution in [0.4, 0.5) is 15.9 Å². The Hall–Kier alpha value is -2.61. The second kappa shape index (κ2) is 7.91. The van der Waals surface area contributed by atoms with Crippen molar-refractivity contribution in [3.05, 3.63) is 40.3 Å². The molecule has 0 aliphatic heterocycles. The summed E-state index contributed by atoms with van der Waals surface area (Å²) in [5, 5.41) is 16.2. The smallest absolute Gasteiger partial charge is 0.303 e. The van der Waals surface area contributed by atoms with Gasteiger partial charge in [-0.3, -0.25) is 14.3 Å². The number of benzene rings is 1. The van der Waals surface area contributed by atoms with Crippen molar-refractivity contribution < 1.29 is 19.1 Å². The molecule has 30 heavy (non-hydrogen) atoms. The van der Waals surface area contributed by atoms with E-state index in [1.54, 1.807) is 7.05 Å². The fourth-order valence-electron chi connectivity index (χ4n) is 5.22. The zero-order chi connectivity index (χ0) is 21.6. The zero-order valence-corrected chi connectivity index (χ0v) is 17.3. The second-order valence-corrected chi connectivity index (χ2v) is 8.88. The largest absolute Gasteiger partial charge is 0.481 e. The lowest BCUT2D eigenvalue weighted by molar-refractivity contribution is -0.138. The van der Waals surface area contributed by atoms with Gasteiger partial charge in [0.1, 0.15) is 17.2 Å². The highest BCUT2D eigenvalue weighted by Gasteiger charge is 2.44. The number of nitrogens with zero attached hydrogens (tertiary/aromatic N) is 2. The number of carbonyl (C=O) groups excluding carboxylic acids is 1. The summed E-state index contributed by atoms with van der Waals surface area (Å²) in [5.41, 5.74) is 7.55. The number of halogens is 2. The van der Waals surface area contributed by atoms with Gasteiger partial charge in [-0.25, -0.2) is 4.39 Å². The van der Waals surface area contributed by atoms with Gasteiger partial charge >= 0.3 is 5.97 Å². The molecule has 7 nitrogen and oxygen atoms in total. The van der Waals surface area contributed by atoms with Crippen molar-refractivity contribution in [3.63, 3.8) is 0 Å². The van der Waals surface area contributed by atoms with Gasteiger partial charge in [0.2, 0.25) is 0 Å².